The van der Waals surface area contributed by atoms with Crippen molar-refractivity contribution in [3.63, 3.8) is 0 Å². The van der Waals surface area contributed by atoms with Crippen LogP contribution in [0.1, 0.15) is 30.9 Å². The molecule has 3 heteroatoms. The minimum Gasteiger partial charge on any atom is -0.224 e. The standard InChI is InChI=1S/C12H16O2S/c1-2-15(13,14)12-8-7-10-5-3-4-6-11(10)9-12/h7-9H,2-6H2,1H3. The van der Waals surface area contributed by atoms with Gasteiger partial charge in [-0.05, 0) is 48.9 Å². The van der Waals surface area contributed by atoms with Crippen LogP contribution in [-0.2, 0) is 22.7 Å². The summed E-state index contributed by atoms with van der Waals surface area (Å²) in [4.78, 5) is 0.491. The number of hydrogen-bond acceptors (Lipinski definition) is 2. The van der Waals surface area contributed by atoms with E-state index in [4.69, 9.17) is 0 Å². The van der Waals surface area contributed by atoms with E-state index in [9.17, 15) is 8.42 Å². The predicted molar refractivity (Wildman–Crippen MR) is 60.8 cm³/mol. The molecule has 0 bridgehead atoms. The highest BCUT2D eigenvalue weighted by atomic mass is 32.2. The third kappa shape index (κ3) is 2.07. The summed E-state index contributed by atoms with van der Waals surface area (Å²) in [7, 11) is -3.03. The molecule has 15 heavy (non-hydrogen) atoms. The van der Waals surface area contributed by atoms with Crippen LogP contribution >= 0.6 is 0 Å². The molecule has 82 valence electrons. The lowest BCUT2D eigenvalue weighted by atomic mass is 9.92. The van der Waals surface area contributed by atoms with E-state index >= 15 is 0 Å². The van der Waals surface area contributed by atoms with Crippen LogP contribution in [0.2, 0.25) is 0 Å². The summed E-state index contributed by atoms with van der Waals surface area (Å²) in [6.45, 7) is 1.69. The number of aryl methyl sites for hydroxylation is 2. The fourth-order valence-corrected chi connectivity index (χ4v) is 3.00. The highest BCUT2D eigenvalue weighted by Gasteiger charge is 2.15. The Balaban J connectivity index is 2.45. The molecule has 0 saturated heterocycles. The molecule has 0 fully saturated rings. The van der Waals surface area contributed by atoms with Crippen LogP contribution < -0.4 is 0 Å². The Kier molecular flexibility index (Phi) is 2.83. The van der Waals surface area contributed by atoms with Gasteiger partial charge < -0.3 is 0 Å². The molecule has 1 aromatic rings. The van der Waals surface area contributed by atoms with Gasteiger partial charge in [-0.25, -0.2) is 8.42 Å². The SMILES string of the molecule is CCS(=O)(=O)c1ccc2c(c1)CCCC2. The zero-order chi connectivity index (χ0) is 10.9. The maximum Gasteiger partial charge on any atom is 0.178 e. The van der Waals surface area contributed by atoms with Crippen LogP contribution in [0, 0.1) is 0 Å². The van der Waals surface area contributed by atoms with Crippen molar-refractivity contribution in [1.29, 1.82) is 0 Å². The Morgan fingerprint density at radius 3 is 2.47 bits per heavy atom. The largest absolute Gasteiger partial charge is 0.224 e. The molecule has 0 aliphatic heterocycles. The van der Waals surface area contributed by atoms with Crippen LogP contribution in [0.15, 0.2) is 23.1 Å². The fraction of sp³-hybridized carbons (Fsp3) is 0.500. The van der Waals surface area contributed by atoms with Gasteiger partial charge in [-0.1, -0.05) is 13.0 Å². The van der Waals surface area contributed by atoms with E-state index in [1.165, 1.54) is 24.0 Å². The first-order valence-corrected chi connectivity index (χ1v) is 7.13. The number of sulfone groups is 1. The smallest absolute Gasteiger partial charge is 0.178 e. The average molecular weight is 224 g/mol. The van der Waals surface area contributed by atoms with Gasteiger partial charge in [0.25, 0.3) is 0 Å². The Morgan fingerprint density at radius 1 is 1.13 bits per heavy atom. The maximum absolute atomic E-state index is 11.7. The Labute approximate surface area is 91.2 Å². The van der Waals surface area contributed by atoms with Gasteiger partial charge in [-0.3, -0.25) is 0 Å². The van der Waals surface area contributed by atoms with E-state index < -0.39 is 9.84 Å². The van der Waals surface area contributed by atoms with Gasteiger partial charge in [0.05, 0.1) is 10.6 Å². The predicted octanol–water partition coefficient (Wildman–Crippen LogP) is 2.36. The second kappa shape index (κ2) is 3.97. The average Bonchev–Trinajstić information content (AvgIpc) is 2.28. The third-order valence-corrected chi connectivity index (χ3v) is 4.79. The summed E-state index contributed by atoms with van der Waals surface area (Å²) in [5, 5.41) is 0. The van der Waals surface area contributed by atoms with Gasteiger partial charge in [0.2, 0.25) is 0 Å². The lowest BCUT2D eigenvalue weighted by molar-refractivity contribution is 0.596. The van der Waals surface area contributed by atoms with Gasteiger partial charge in [-0.15, -0.1) is 0 Å². The summed E-state index contributed by atoms with van der Waals surface area (Å²) in [6.07, 6.45) is 4.54. The van der Waals surface area contributed by atoms with Crippen molar-refractivity contribution in [1.82, 2.24) is 0 Å². The van der Waals surface area contributed by atoms with Crippen molar-refractivity contribution in [2.24, 2.45) is 0 Å². The maximum atomic E-state index is 11.7. The molecule has 0 heterocycles. The fourth-order valence-electron chi connectivity index (χ4n) is 2.07. The quantitative estimate of drug-likeness (QED) is 0.772. The first kappa shape index (κ1) is 10.7. The molecule has 0 radical (unpaired) electrons. The normalized spacial score (nSPS) is 16.1. The lowest BCUT2D eigenvalue weighted by Gasteiger charge is -2.16. The third-order valence-electron chi connectivity index (χ3n) is 3.06. The van der Waals surface area contributed by atoms with Crippen LogP contribution in [0.3, 0.4) is 0 Å². The second-order valence-corrected chi connectivity index (χ2v) is 6.32. The molecule has 1 aliphatic carbocycles. The van der Waals surface area contributed by atoms with E-state index in [0.29, 0.717) is 4.90 Å². The van der Waals surface area contributed by atoms with Crippen molar-refractivity contribution in [2.75, 3.05) is 5.75 Å². The van der Waals surface area contributed by atoms with Crippen molar-refractivity contribution in [3.05, 3.63) is 29.3 Å². The molecular formula is C12H16O2S. The topological polar surface area (TPSA) is 34.1 Å². The van der Waals surface area contributed by atoms with Crippen molar-refractivity contribution >= 4 is 9.84 Å². The summed E-state index contributed by atoms with van der Waals surface area (Å²) in [5.41, 5.74) is 2.56. The van der Waals surface area contributed by atoms with Crippen molar-refractivity contribution < 1.29 is 8.42 Å². The van der Waals surface area contributed by atoms with Crippen molar-refractivity contribution in [2.45, 2.75) is 37.5 Å². The number of benzene rings is 1. The number of hydrogen-bond donors (Lipinski definition) is 0. The number of fused-ring (bicyclic) bond motifs is 1. The summed E-state index contributed by atoms with van der Waals surface area (Å²) in [6, 6.07) is 5.60. The molecule has 0 aromatic heterocycles. The lowest BCUT2D eigenvalue weighted by Crippen LogP contribution is -2.08. The van der Waals surface area contributed by atoms with E-state index in [1.54, 1.807) is 13.0 Å². The molecule has 0 unspecified atom stereocenters. The van der Waals surface area contributed by atoms with E-state index in [1.807, 2.05) is 12.1 Å². The van der Waals surface area contributed by atoms with Gasteiger partial charge in [-0.2, -0.15) is 0 Å². The van der Waals surface area contributed by atoms with Gasteiger partial charge in [0.1, 0.15) is 0 Å². The van der Waals surface area contributed by atoms with Crippen LogP contribution in [0.5, 0.6) is 0 Å². The molecular weight excluding hydrogens is 208 g/mol. The second-order valence-electron chi connectivity index (χ2n) is 4.04. The minimum atomic E-state index is -3.03. The molecule has 1 aromatic carbocycles. The van der Waals surface area contributed by atoms with E-state index in [2.05, 4.69) is 0 Å². The minimum absolute atomic E-state index is 0.186. The molecule has 1 aliphatic rings. The summed E-state index contributed by atoms with van der Waals surface area (Å²) < 4.78 is 23.4. The molecule has 0 spiro atoms. The molecule has 0 saturated carbocycles. The van der Waals surface area contributed by atoms with E-state index in [-0.39, 0.29) is 5.75 Å². The van der Waals surface area contributed by atoms with Crippen LogP contribution in [0.4, 0.5) is 0 Å². The Morgan fingerprint density at radius 2 is 1.80 bits per heavy atom. The Bertz CT molecular complexity index is 461. The zero-order valence-corrected chi connectivity index (χ0v) is 9.81. The van der Waals surface area contributed by atoms with E-state index in [0.717, 1.165) is 12.8 Å². The molecule has 0 N–H and O–H groups in total. The zero-order valence-electron chi connectivity index (χ0n) is 8.99. The highest BCUT2D eigenvalue weighted by Crippen LogP contribution is 2.24. The van der Waals surface area contributed by atoms with Gasteiger partial charge >= 0.3 is 0 Å². The molecule has 0 amide bonds. The van der Waals surface area contributed by atoms with Crippen molar-refractivity contribution in [3.8, 4) is 0 Å². The summed E-state index contributed by atoms with van der Waals surface area (Å²) in [5.74, 6) is 0.186. The molecule has 2 rings (SSSR count). The first-order chi connectivity index (χ1) is 7.13. The first-order valence-electron chi connectivity index (χ1n) is 5.48. The number of rotatable bonds is 2. The van der Waals surface area contributed by atoms with Crippen LogP contribution in [0.25, 0.3) is 0 Å². The Hall–Kier alpha value is -0.830. The summed E-state index contributed by atoms with van der Waals surface area (Å²) >= 11 is 0. The van der Waals surface area contributed by atoms with Gasteiger partial charge in [0.15, 0.2) is 9.84 Å². The monoisotopic (exact) mass is 224 g/mol. The van der Waals surface area contributed by atoms with Gasteiger partial charge in [0, 0.05) is 0 Å². The molecule has 2 nitrogen and oxygen atoms in total. The molecule has 0 atom stereocenters. The van der Waals surface area contributed by atoms with Crippen LogP contribution in [-0.4, -0.2) is 14.2 Å². The highest BCUT2D eigenvalue weighted by molar-refractivity contribution is 7.91.